The first-order valence-electron chi connectivity index (χ1n) is 14.1. The van der Waals surface area contributed by atoms with E-state index in [2.05, 4.69) is 43.6 Å². The molecule has 0 saturated heterocycles. The van der Waals surface area contributed by atoms with Gasteiger partial charge in [0, 0.05) is 4.83 Å². The van der Waals surface area contributed by atoms with Gasteiger partial charge in [-0.25, -0.2) is 0 Å². The number of aliphatic hydroxyl groups is 2. The quantitative estimate of drug-likeness (QED) is 0.279. The fourth-order valence-corrected chi connectivity index (χ4v) is 9.09. The minimum Gasteiger partial charge on any atom is -0.393 e. The topological polar surface area (TPSA) is 40.5 Å². The number of hydrogen-bond donors (Lipinski definition) is 2. The SMILES string of the molecule is CC.CC(C)(O)C(Br)CCCC1CCC2C3=C(CCC12C)C1(C)CCC(O)C(C)(C)C1CC3. The predicted octanol–water partition coefficient (Wildman–Crippen LogP) is 8.44. The van der Waals surface area contributed by atoms with Gasteiger partial charge < -0.3 is 10.2 Å². The Bertz CT molecular complexity index is 719. The molecule has 0 amide bonds. The first-order chi connectivity index (χ1) is 15.3. The van der Waals surface area contributed by atoms with Gasteiger partial charge in [-0.2, -0.15) is 0 Å². The molecule has 0 radical (unpaired) electrons. The number of hydrogen-bond acceptors (Lipinski definition) is 2. The van der Waals surface area contributed by atoms with E-state index in [9.17, 15) is 10.2 Å². The Labute approximate surface area is 213 Å². The number of alkyl halides is 1. The molecule has 4 aliphatic carbocycles. The molecule has 0 aromatic heterocycles. The van der Waals surface area contributed by atoms with Crippen molar-refractivity contribution < 1.29 is 10.2 Å². The summed E-state index contributed by atoms with van der Waals surface area (Å²) in [6.45, 7) is 17.7. The fourth-order valence-electron chi connectivity index (χ4n) is 8.76. The summed E-state index contributed by atoms with van der Waals surface area (Å²) in [6, 6.07) is 0. The van der Waals surface area contributed by atoms with Gasteiger partial charge in [0.2, 0.25) is 0 Å². The van der Waals surface area contributed by atoms with E-state index in [1.807, 2.05) is 38.8 Å². The average molecular weight is 526 g/mol. The molecule has 0 spiro atoms. The van der Waals surface area contributed by atoms with Crippen LogP contribution >= 0.6 is 15.9 Å². The maximum absolute atomic E-state index is 10.7. The zero-order valence-electron chi connectivity index (χ0n) is 22.9. The third-order valence-corrected chi connectivity index (χ3v) is 12.5. The molecule has 7 unspecified atom stereocenters. The molecule has 0 bridgehead atoms. The first kappa shape index (κ1) is 27.7. The van der Waals surface area contributed by atoms with Crippen LogP contribution in [0.3, 0.4) is 0 Å². The summed E-state index contributed by atoms with van der Waals surface area (Å²) in [7, 11) is 0. The lowest BCUT2D eigenvalue weighted by atomic mass is 9.46. The van der Waals surface area contributed by atoms with Crippen LogP contribution in [-0.2, 0) is 0 Å². The van der Waals surface area contributed by atoms with Crippen molar-refractivity contribution >= 4 is 15.9 Å². The van der Waals surface area contributed by atoms with Gasteiger partial charge in [0.1, 0.15) is 0 Å². The van der Waals surface area contributed by atoms with E-state index in [4.69, 9.17) is 0 Å². The molecule has 0 aromatic carbocycles. The van der Waals surface area contributed by atoms with Gasteiger partial charge in [0.25, 0.3) is 0 Å². The molecule has 33 heavy (non-hydrogen) atoms. The Balaban J connectivity index is 0.00000149. The summed E-state index contributed by atoms with van der Waals surface area (Å²) in [5, 5.41) is 21.0. The van der Waals surface area contributed by atoms with E-state index in [-0.39, 0.29) is 16.3 Å². The normalized spacial score (nSPS) is 40.8. The van der Waals surface area contributed by atoms with Crippen LogP contribution in [0, 0.1) is 34.0 Å². The van der Waals surface area contributed by atoms with Gasteiger partial charge in [-0.1, -0.05) is 75.0 Å². The Morgan fingerprint density at radius 1 is 1.00 bits per heavy atom. The van der Waals surface area contributed by atoms with Crippen LogP contribution in [-0.4, -0.2) is 26.7 Å². The van der Waals surface area contributed by atoms with E-state index in [1.54, 1.807) is 0 Å². The van der Waals surface area contributed by atoms with Gasteiger partial charge in [-0.15, -0.1) is 0 Å². The van der Waals surface area contributed by atoms with E-state index in [0.29, 0.717) is 16.7 Å². The number of aliphatic hydroxyl groups excluding tert-OH is 1. The molecule has 0 aromatic rings. The van der Waals surface area contributed by atoms with E-state index in [1.165, 1.54) is 57.8 Å². The summed E-state index contributed by atoms with van der Waals surface area (Å²) >= 11 is 3.71. The zero-order valence-corrected chi connectivity index (χ0v) is 24.5. The van der Waals surface area contributed by atoms with Crippen molar-refractivity contribution in [1.82, 2.24) is 0 Å². The Morgan fingerprint density at radius 3 is 2.30 bits per heavy atom. The zero-order chi connectivity index (χ0) is 24.8. The highest BCUT2D eigenvalue weighted by Gasteiger charge is 2.58. The Kier molecular flexibility index (Phi) is 8.31. The van der Waals surface area contributed by atoms with Crippen LogP contribution in [0.25, 0.3) is 0 Å². The third kappa shape index (κ3) is 4.78. The standard InChI is InChI=1S/C28H47BrO2.C2H6/c1-25(2)22-13-11-19-20-12-10-18(8-7-9-23(29)26(3,4)31)27(20,5)16-14-21(19)28(22,6)17-15-24(25)30;1-2/h18,20,22-24,30-31H,7-17H2,1-6H3;1-2H3. The highest BCUT2D eigenvalue weighted by Crippen LogP contribution is 2.67. The van der Waals surface area contributed by atoms with Crippen molar-refractivity contribution in [1.29, 1.82) is 0 Å². The highest BCUT2D eigenvalue weighted by molar-refractivity contribution is 9.09. The smallest absolute Gasteiger partial charge is 0.0716 e. The van der Waals surface area contributed by atoms with Crippen LogP contribution in [0.5, 0.6) is 0 Å². The van der Waals surface area contributed by atoms with Gasteiger partial charge in [-0.3, -0.25) is 0 Å². The van der Waals surface area contributed by atoms with Crippen molar-refractivity contribution in [3.05, 3.63) is 11.1 Å². The average Bonchev–Trinajstić information content (AvgIpc) is 3.08. The molecular weight excluding hydrogens is 472 g/mol. The van der Waals surface area contributed by atoms with Crippen LogP contribution < -0.4 is 0 Å². The van der Waals surface area contributed by atoms with Crippen molar-refractivity contribution in [2.75, 3.05) is 0 Å². The summed E-state index contributed by atoms with van der Waals surface area (Å²) in [4.78, 5) is 0.186. The molecule has 0 heterocycles. The highest BCUT2D eigenvalue weighted by atomic mass is 79.9. The number of fused-ring (bicyclic) bond motifs is 4. The molecule has 2 nitrogen and oxygen atoms in total. The molecule has 192 valence electrons. The third-order valence-electron chi connectivity index (χ3n) is 10.9. The monoisotopic (exact) mass is 524 g/mol. The lowest BCUT2D eigenvalue weighted by Gasteiger charge is -2.59. The number of halogens is 1. The van der Waals surface area contributed by atoms with Crippen LogP contribution in [0.1, 0.15) is 126 Å². The summed E-state index contributed by atoms with van der Waals surface area (Å²) in [5.74, 6) is 2.26. The Hall–Kier alpha value is 0.140. The molecule has 4 rings (SSSR count). The molecule has 3 heteroatoms. The molecule has 2 N–H and O–H groups in total. The second kappa shape index (κ2) is 9.89. The summed E-state index contributed by atoms with van der Waals surface area (Å²) in [6.07, 6.45) is 13.6. The molecular formula is C30H53BrO2. The van der Waals surface area contributed by atoms with Gasteiger partial charge in [0.05, 0.1) is 11.7 Å². The lowest BCUT2D eigenvalue weighted by Crippen LogP contribution is -2.53. The van der Waals surface area contributed by atoms with Crippen LogP contribution in [0.15, 0.2) is 11.1 Å². The van der Waals surface area contributed by atoms with Crippen molar-refractivity contribution in [3.63, 3.8) is 0 Å². The minimum absolute atomic E-state index is 0.0389. The molecule has 2 fully saturated rings. The molecule has 7 atom stereocenters. The minimum atomic E-state index is -0.637. The maximum atomic E-state index is 10.7. The van der Waals surface area contributed by atoms with E-state index >= 15 is 0 Å². The maximum Gasteiger partial charge on any atom is 0.0716 e. The summed E-state index contributed by atoms with van der Waals surface area (Å²) in [5.41, 5.74) is 3.87. The Morgan fingerprint density at radius 2 is 1.67 bits per heavy atom. The molecule has 4 aliphatic rings. The van der Waals surface area contributed by atoms with Crippen molar-refractivity contribution in [2.24, 2.45) is 34.0 Å². The second-order valence-electron chi connectivity index (χ2n) is 13.3. The molecule has 0 aliphatic heterocycles. The fraction of sp³-hybridized carbons (Fsp3) is 0.933. The van der Waals surface area contributed by atoms with Crippen LogP contribution in [0.4, 0.5) is 0 Å². The van der Waals surface area contributed by atoms with Crippen molar-refractivity contribution in [3.8, 4) is 0 Å². The van der Waals surface area contributed by atoms with Crippen LogP contribution in [0.2, 0.25) is 0 Å². The first-order valence-corrected chi connectivity index (χ1v) is 15.0. The van der Waals surface area contributed by atoms with Gasteiger partial charge in [0.15, 0.2) is 0 Å². The second-order valence-corrected chi connectivity index (χ2v) is 14.4. The number of rotatable bonds is 5. The van der Waals surface area contributed by atoms with E-state index in [0.717, 1.165) is 24.7 Å². The summed E-state index contributed by atoms with van der Waals surface area (Å²) < 4.78 is 0. The van der Waals surface area contributed by atoms with Gasteiger partial charge in [-0.05, 0) is 112 Å². The lowest BCUT2D eigenvalue weighted by molar-refractivity contribution is -0.0928. The van der Waals surface area contributed by atoms with Gasteiger partial charge >= 0.3 is 0 Å². The van der Waals surface area contributed by atoms with Crippen molar-refractivity contribution in [2.45, 2.75) is 143 Å². The molecule has 2 saturated carbocycles. The predicted molar refractivity (Wildman–Crippen MR) is 145 cm³/mol. The number of allylic oxidation sites excluding steroid dienone is 2. The van der Waals surface area contributed by atoms with E-state index < -0.39 is 5.60 Å². The largest absolute Gasteiger partial charge is 0.393 e.